The molecule has 0 saturated carbocycles. The van der Waals surface area contributed by atoms with Crippen LogP contribution in [-0.4, -0.2) is 64.5 Å². The maximum Gasteiger partial charge on any atom is 0.271 e. The lowest BCUT2D eigenvalue weighted by molar-refractivity contribution is -0.117. The Morgan fingerprint density at radius 2 is 1.70 bits per heavy atom. The van der Waals surface area contributed by atoms with Crippen LogP contribution >= 0.6 is 11.6 Å². The highest BCUT2D eigenvalue weighted by Gasteiger charge is 2.24. The molecule has 30 heavy (non-hydrogen) atoms. The number of hydrogen-bond acceptors (Lipinski definition) is 4. The molecule has 3 aromatic rings. The van der Waals surface area contributed by atoms with Crippen molar-refractivity contribution in [1.82, 2.24) is 20.0 Å². The van der Waals surface area contributed by atoms with E-state index in [-0.39, 0.29) is 18.4 Å². The van der Waals surface area contributed by atoms with Gasteiger partial charge in [0.25, 0.3) is 5.91 Å². The zero-order valence-corrected chi connectivity index (χ0v) is 17.1. The maximum atomic E-state index is 12.8. The predicted octanol–water partition coefficient (Wildman–Crippen LogP) is 3.13. The van der Waals surface area contributed by atoms with Gasteiger partial charge in [-0.1, -0.05) is 54.1 Å². The van der Waals surface area contributed by atoms with Crippen LogP contribution < -0.4 is 5.32 Å². The van der Waals surface area contributed by atoms with Crippen molar-refractivity contribution in [3.63, 3.8) is 0 Å². The summed E-state index contributed by atoms with van der Waals surface area (Å²) in [6.07, 6.45) is 0. The number of amides is 2. The zero-order valence-electron chi connectivity index (χ0n) is 16.3. The standard InChI is InChI=1S/C22H22ClN5O2/c23-17-8-4-5-9-18(17)24-21(29)15-27-10-12-28(13-11-27)22(30)20-14-19(25-26-20)16-6-2-1-3-7-16/h1-9,14H,10-13,15H2,(H,24,29)(H,25,26). The van der Waals surface area contributed by atoms with Crippen LogP contribution in [0.25, 0.3) is 11.3 Å². The number of piperazine rings is 1. The summed E-state index contributed by atoms with van der Waals surface area (Å²) in [5.41, 5.74) is 2.78. The quantitative estimate of drug-likeness (QED) is 0.660. The van der Waals surface area contributed by atoms with Crippen molar-refractivity contribution < 1.29 is 9.59 Å². The zero-order chi connectivity index (χ0) is 20.9. The van der Waals surface area contributed by atoms with E-state index in [0.29, 0.717) is 42.6 Å². The van der Waals surface area contributed by atoms with E-state index in [2.05, 4.69) is 15.5 Å². The van der Waals surface area contributed by atoms with E-state index in [1.165, 1.54) is 0 Å². The van der Waals surface area contributed by atoms with Crippen molar-refractivity contribution in [3.05, 3.63) is 71.4 Å². The molecule has 1 saturated heterocycles. The predicted molar refractivity (Wildman–Crippen MR) is 116 cm³/mol. The average molecular weight is 424 g/mol. The molecular formula is C22H22ClN5O2. The third-order valence-corrected chi connectivity index (χ3v) is 5.38. The highest BCUT2D eigenvalue weighted by atomic mass is 35.5. The van der Waals surface area contributed by atoms with Gasteiger partial charge >= 0.3 is 0 Å². The number of para-hydroxylation sites is 1. The van der Waals surface area contributed by atoms with E-state index in [0.717, 1.165) is 11.3 Å². The number of H-pyrrole nitrogens is 1. The van der Waals surface area contributed by atoms with Gasteiger partial charge < -0.3 is 10.2 Å². The molecule has 2 N–H and O–H groups in total. The van der Waals surface area contributed by atoms with Crippen molar-refractivity contribution in [3.8, 4) is 11.3 Å². The molecule has 154 valence electrons. The summed E-state index contributed by atoms with van der Waals surface area (Å²) in [5, 5.41) is 10.4. The normalized spacial score (nSPS) is 14.5. The summed E-state index contributed by atoms with van der Waals surface area (Å²) in [5.74, 6) is -0.200. The second kappa shape index (κ2) is 9.11. The number of halogens is 1. The van der Waals surface area contributed by atoms with Gasteiger partial charge in [0.15, 0.2) is 0 Å². The Morgan fingerprint density at radius 1 is 1.00 bits per heavy atom. The molecule has 2 heterocycles. The Bertz CT molecular complexity index is 1030. The van der Waals surface area contributed by atoms with Crippen LogP contribution in [0, 0.1) is 0 Å². The van der Waals surface area contributed by atoms with Crippen LogP contribution in [-0.2, 0) is 4.79 Å². The van der Waals surface area contributed by atoms with Crippen molar-refractivity contribution in [2.24, 2.45) is 0 Å². The molecule has 2 amide bonds. The minimum Gasteiger partial charge on any atom is -0.335 e. The van der Waals surface area contributed by atoms with Gasteiger partial charge in [-0.15, -0.1) is 0 Å². The number of carbonyl (C=O) groups excluding carboxylic acids is 2. The van der Waals surface area contributed by atoms with E-state index in [4.69, 9.17) is 11.6 Å². The molecule has 0 radical (unpaired) electrons. The van der Waals surface area contributed by atoms with E-state index in [1.807, 2.05) is 47.4 Å². The fourth-order valence-corrected chi connectivity index (χ4v) is 3.61. The first-order valence-corrected chi connectivity index (χ1v) is 10.1. The molecule has 0 bridgehead atoms. The molecule has 1 aromatic heterocycles. The molecule has 1 aliphatic rings. The van der Waals surface area contributed by atoms with Crippen molar-refractivity contribution >= 4 is 29.1 Å². The molecule has 1 aliphatic heterocycles. The fourth-order valence-electron chi connectivity index (χ4n) is 3.42. The molecule has 0 aliphatic carbocycles. The number of hydrogen-bond donors (Lipinski definition) is 2. The van der Waals surface area contributed by atoms with Gasteiger partial charge in [0.2, 0.25) is 5.91 Å². The lowest BCUT2D eigenvalue weighted by Gasteiger charge is -2.34. The smallest absolute Gasteiger partial charge is 0.271 e. The van der Waals surface area contributed by atoms with Crippen LogP contribution in [0.5, 0.6) is 0 Å². The van der Waals surface area contributed by atoms with Crippen LogP contribution in [0.1, 0.15) is 10.5 Å². The lowest BCUT2D eigenvalue weighted by Crippen LogP contribution is -2.50. The van der Waals surface area contributed by atoms with Gasteiger partial charge in [-0.05, 0) is 18.2 Å². The number of aromatic nitrogens is 2. The second-order valence-electron chi connectivity index (χ2n) is 7.13. The van der Waals surface area contributed by atoms with Crippen molar-refractivity contribution in [2.45, 2.75) is 0 Å². The number of benzene rings is 2. The van der Waals surface area contributed by atoms with E-state index in [9.17, 15) is 9.59 Å². The Hall–Kier alpha value is -3.16. The summed E-state index contributed by atoms with van der Waals surface area (Å²) in [4.78, 5) is 28.9. The Morgan fingerprint density at radius 3 is 2.43 bits per heavy atom. The Labute approximate surface area is 179 Å². The number of nitrogens with zero attached hydrogens (tertiary/aromatic N) is 3. The molecule has 7 nitrogen and oxygen atoms in total. The van der Waals surface area contributed by atoms with Gasteiger partial charge in [-0.25, -0.2) is 0 Å². The number of anilines is 1. The number of rotatable bonds is 5. The molecule has 2 aromatic carbocycles. The van der Waals surface area contributed by atoms with Gasteiger partial charge in [0.1, 0.15) is 5.69 Å². The topological polar surface area (TPSA) is 81.3 Å². The summed E-state index contributed by atoms with van der Waals surface area (Å²) in [7, 11) is 0. The first kappa shape index (κ1) is 20.1. The van der Waals surface area contributed by atoms with Crippen molar-refractivity contribution in [2.75, 3.05) is 38.0 Å². The van der Waals surface area contributed by atoms with Gasteiger partial charge in [0, 0.05) is 31.7 Å². The fraction of sp³-hybridized carbons (Fsp3) is 0.227. The molecule has 8 heteroatoms. The Kier molecular flexibility index (Phi) is 6.11. The highest BCUT2D eigenvalue weighted by Crippen LogP contribution is 2.21. The maximum absolute atomic E-state index is 12.8. The largest absolute Gasteiger partial charge is 0.335 e. The van der Waals surface area contributed by atoms with Gasteiger partial charge in [-0.2, -0.15) is 5.10 Å². The average Bonchev–Trinajstić information content (AvgIpc) is 3.26. The molecular weight excluding hydrogens is 402 g/mol. The second-order valence-corrected chi connectivity index (χ2v) is 7.54. The molecule has 0 spiro atoms. The van der Waals surface area contributed by atoms with Crippen molar-refractivity contribution in [1.29, 1.82) is 0 Å². The number of nitrogens with one attached hydrogen (secondary N) is 2. The summed E-state index contributed by atoms with van der Waals surface area (Å²) < 4.78 is 0. The van der Waals surface area contributed by atoms with Crippen LogP contribution in [0.2, 0.25) is 5.02 Å². The van der Waals surface area contributed by atoms with E-state index in [1.54, 1.807) is 23.1 Å². The van der Waals surface area contributed by atoms with Gasteiger partial charge in [-0.3, -0.25) is 19.6 Å². The number of aromatic amines is 1. The lowest BCUT2D eigenvalue weighted by atomic mass is 10.1. The monoisotopic (exact) mass is 423 g/mol. The highest BCUT2D eigenvalue weighted by molar-refractivity contribution is 6.33. The summed E-state index contributed by atoms with van der Waals surface area (Å²) in [6, 6.07) is 18.6. The molecule has 0 atom stereocenters. The first-order valence-electron chi connectivity index (χ1n) is 9.77. The minimum atomic E-state index is -0.121. The van der Waals surface area contributed by atoms with Crippen LogP contribution in [0.3, 0.4) is 0 Å². The van der Waals surface area contributed by atoms with Gasteiger partial charge in [0.05, 0.1) is 22.9 Å². The molecule has 4 rings (SSSR count). The van der Waals surface area contributed by atoms with E-state index < -0.39 is 0 Å². The summed E-state index contributed by atoms with van der Waals surface area (Å²) >= 11 is 6.08. The minimum absolute atomic E-state index is 0.0788. The van der Waals surface area contributed by atoms with Crippen LogP contribution in [0.15, 0.2) is 60.7 Å². The number of carbonyl (C=O) groups is 2. The van der Waals surface area contributed by atoms with E-state index >= 15 is 0 Å². The third-order valence-electron chi connectivity index (χ3n) is 5.05. The SMILES string of the molecule is O=C(CN1CCN(C(=O)c2cc(-c3ccccc3)n[nH]2)CC1)Nc1ccccc1Cl. The molecule has 0 unspecified atom stereocenters. The third kappa shape index (κ3) is 4.69. The molecule has 1 fully saturated rings. The summed E-state index contributed by atoms with van der Waals surface area (Å²) in [6.45, 7) is 2.62. The van der Waals surface area contributed by atoms with Crippen LogP contribution in [0.4, 0.5) is 5.69 Å². The first-order chi connectivity index (χ1) is 14.6. The Balaban J connectivity index is 1.29.